The summed E-state index contributed by atoms with van der Waals surface area (Å²) in [5.41, 5.74) is -1.38. The lowest BCUT2D eigenvalue weighted by atomic mass is 9.67. The molecular formula is C18H21F4N5O. The fourth-order valence-electron chi connectivity index (χ4n) is 3.80. The van der Waals surface area contributed by atoms with Crippen LogP contribution >= 0.6 is 0 Å². The summed E-state index contributed by atoms with van der Waals surface area (Å²) in [6.45, 7) is 5.61. The number of alkyl halides is 3. The topological polar surface area (TPSA) is 64.0 Å². The van der Waals surface area contributed by atoms with Gasteiger partial charge in [-0.1, -0.05) is 0 Å². The number of benzene rings is 1. The van der Waals surface area contributed by atoms with Crippen LogP contribution in [0.15, 0.2) is 18.2 Å². The predicted molar refractivity (Wildman–Crippen MR) is 93.8 cm³/mol. The van der Waals surface area contributed by atoms with Crippen LogP contribution in [-0.2, 0) is 6.18 Å². The minimum absolute atomic E-state index is 0.0554. The van der Waals surface area contributed by atoms with Gasteiger partial charge in [0.25, 0.3) is 0 Å². The molecule has 2 aromatic rings. The molecule has 1 aliphatic carbocycles. The molecule has 2 fully saturated rings. The predicted octanol–water partition coefficient (Wildman–Crippen LogP) is 3.83. The van der Waals surface area contributed by atoms with Gasteiger partial charge in [0.15, 0.2) is 0 Å². The van der Waals surface area contributed by atoms with E-state index in [2.05, 4.69) is 20.7 Å². The van der Waals surface area contributed by atoms with Crippen LogP contribution in [0.5, 0.6) is 11.8 Å². The summed E-state index contributed by atoms with van der Waals surface area (Å²) in [6.07, 6.45) is -3.65. The number of rotatable bonds is 5. The molecule has 0 amide bonds. The molecule has 2 aliphatic rings. The summed E-state index contributed by atoms with van der Waals surface area (Å²) >= 11 is 0. The molecule has 2 unspecified atom stereocenters. The molecule has 2 bridgehead atoms. The van der Waals surface area contributed by atoms with Gasteiger partial charge in [-0.2, -0.15) is 18.2 Å². The van der Waals surface area contributed by atoms with Gasteiger partial charge in [0, 0.05) is 6.04 Å². The molecule has 0 spiro atoms. The van der Waals surface area contributed by atoms with Crippen molar-refractivity contribution >= 4 is 5.95 Å². The zero-order chi connectivity index (χ0) is 20.1. The van der Waals surface area contributed by atoms with Crippen LogP contribution in [0.4, 0.5) is 23.5 Å². The first-order valence-electron chi connectivity index (χ1n) is 9.20. The fourth-order valence-corrected chi connectivity index (χ4v) is 3.80. The second-order valence-corrected chi connectivity index (χ2v) is 7.58. The van der Waals surface area contributed by atoms with E-state index >= 15 is 0 Å². The second-order valence-electron chi connectivity index (χ2n) is 7.58. The number of ether oxygens (including phenoxy) is 1. The Morgan fingerprint density at radius 2 is 1.96 bits per heavy atom. The number of hydrogen-bond donors (Lipinski definition) is 2. The fraction of sp³-hybridized carbons (Fsp3) is 0.556. The molecular weight excluding hydrogens is 378 g/mol. The molecule has 152 valence electrons. The van der Waals surface area contributed by atoms with E-state index in [9.17, 15) is 17.6 Å². The van der Waals surface area contributed by atoms with Crippen molar-refractivity contribution in [2.24, 2.45) is 11.8 Å². The van der Waals surface area contributed by atoms with Crippen molar-refractivity contribution in [3.8, 4) is 11.8 Å². The van der Waals surface area contributed by atoms with E-state index in [0.29, 0.717) is 23.9 Å². The lowest BCUT2D eigenvalue weighted by Gasteiger charge is -2.49. The number of nitrogens with one attached hydrogen (secondary N) is 2. The van der Waals surface area contributed by atoms with Gasteiger partial charge >= 0.3 is 12.2 Å². The first-order chi connectivity index (χ1) is 13.2. The van der Waals surface area contributed by atoms with Crippen LogP contribution < -0.4 is 15.4 Å². The number of halogens is 4. The number of fused-ring (bicyclic) bond motifs is 2. The van der Waals surface area contributed by atoms with Gasteiger partial charge in [0.05, 0.1) is 11.6 Å². The molecule has 1 saturated heterocycles. The smallest absolute Gasteiger partial charge is 0.419 e. The Labute approximate surface area is 159 Å². The summed E-state index contributed by atoms with van der Waals surface area (Å²) in [5.74, 6) is -0.0958. The van der Waals surface area contributed by atoms with E-state index in [-0.39, 0.29) is 23.8 Å². The molecule has 1 aliphatic heterocycles. The Kier molecular flexibility index (Phi) is 4.68. The third-order valence-electron chi connectivity index (χ3n) is 5.27. The van der Waals surface area contributed by atoms with Gasteiger partial charge in [-0.3, -0.25) is 0 Å². The van der Waals surface area contributed by atoms with Gasteiger partial charge in [-0.25, -0.2) is 9.07 Å². The first-order valence-corrected chi connectivity index (χ1v) is 9.20. The molecule has 10 heteroatoms. The van der Waals surface area contributed by atoms with Crippen LogP contribution in [0.3, 0.4) is 0 Å². The van der Waals surface area contributed by atoms with Crippen LogP contribution in [0.1, 0.15) is 31.9 Å². The normalized spacial score (nSPS) is 24.2. The van der Waals surface area contributed by atoms with Crippen LogP contribution in [0.25, 0.3) is 0 Å². The molecule has 28 heavy (non-hydrogen) atoms. The van der Waals surface area contributed by atoms with E-state index < -0.39 is 17.6 Å². The van der Waals surface area contributed by atoms with E-state index in [1.54, 1.807) is 0 Å². The molecule has 1 saturated carbocycles. The van der Waals surface area contributed by atoms with Gasteiger partial charge in [-0.05, 0) is 63.4 Å². The number of hydrogen-bond acceptors (Lipinski definition) is 5. The zero-order valence-corrected chi connectivity index (χ0v) is 15.4. The van der Waals surface area contributed by atoms with Crippen LogP contribution in [0.2, 0.25) is 0 Å². The number of anilines is 1. The summed E-state index contributed by atoms with van der Waals surface area (Å²) in [4.78, 5) is 4.31. The Morgan fingerprint density at radius 3 is 2.57 bits per heavy atom. The Bertz CT molecular complexity index is 852. The van der Waals surface area contributed by atoms with E-state index in [1.165, 1.54) is 4.68 Å². The van der Waals surface area contributed by atoms with Crippen molar-refractivity contribution in [2.75, 3.05) is 18.4 Å². The minimum Gasteiger partial charge on any atom is -0.424 e. The largest absolute Gasteiger partial charge is 0.424 e. The third kappa shape index (κ3) is 3.52. The SMILES string of the molecule is CC(C)n1nc(NC2C3CNC[C@@H]2C3)nc1Oc1ccc(F)c(C(F)(F)F)c1. The lowest BCUT2D eigenvalue weighted by molar-refractivity contribution is -0.140. The summed E-state index contributed by atoms with van der Waals surface area (Å²) < 4.78 is 59.3. The van der Waals surface area contributed by atoms with Crippen LogP contribution in [0, 0.1) is 17.7 Å². The van der Waals surface area contributed by atoms with Crippen LogP contribution in [-0.4, -0.2) is 33.9 Å². The molecule has 1 aromatic heterocycles. The van der Waals surface area contributed by atoms with Crippen molar-refractivity contribution < 1.29 is 22.3 Å². The van der Waals surface area contributed by atoms with Gasteiger partial charge < -0.3 is 15.4 Å². The average Bonchev–Trinajstić information content (AvgIpc) is 3.04. The quantitative estimate of drug-likeness (QED) is 0.749. The Hall–Kier alpha value is -2.36. The highest BCUT2D eigenvalue weighted by molar-refractivity contribution is 5.35. The van der Waals surface area contributed by atoms with Gasteiger partial charge in [0.2, 0.25) is 5.95 Å². The number of aromatic nitrogens is 3. The highest BCUT2D eigenvalue weighted by Crippen LogP contribution is 2.39. The van der Waals surface area contributed by atoms with Crippen molar-refractivity contribution in [1.29, 1.82) is 0 Å². The maximum absolute atomic E-state index is 13.5. The Morgan fingerprint density at radius 1 is 1.25 bits per heavy atom. The minimum atomic E-state index is -4.81. The molecule has 4 rings (SSSR count). The van der Waals surface area contributed by atoms with E-state index in [1.807, 2.05) is 13.8 Å². The molecule has 6 nitrogen and oxygen atoms in total. The summed E-state index contributed by atoms with van der Waals surface area (Å²) in [6, 6.07) is 2.71. The monoisotopic (exact) mass is 399 g/mol. The third-order valence-corrected chi connectivity index (χ3v) is 5.27. The van der Waals surface area contributed by atoms with E-state index in [0.717, 1.165) is 31.6 Å². The standard InChI is InChI=1S/C18H21F4N5O/c1-9(2)27-17(28-12-3-4-14(19)13(6-12)18(20,21)22)25-16(26-27)24-15-10-5-11(15)8-23-7-10/h3-4,6,9-11,15,23H,5,7-8H2,1-2H3,(H,24,26)/t10-,11?,15?/m0/s1. The lowest BCUT2D eigenvalue weighted by Crippen LogP contribution is -2.60. The Balaban J connectivity index is 1.56. The van der Waals surface area contributed by atoms with E-state index in [4.69, 9.17) is 4.74 Å². The highest BCUT2D eigenvalue weighted by atomic mass is 19.4. The molecule has 3 atom stereocenters. The average molecular weight is 399 g/mol. The van der Waals surface area contributed by atoms with Gasteiger partial charge in [-0.15, -0.1) is 5.10 Å². The molecule has 0 radical (unpaired) electrons. The highest BCUT2D eigenvalue weighted by Gasteiger charge is 2.44. The second kappa shape index (κ2) is 6.91. The maximum Gasteiger partial charge on any atom is 0.419 e. The maximum atomic E-state index is 13.5. The van der Waals surface area contributed by atoms with Gasteiger partial charge in [0.1, 0.15) is 11.6 Å². The molecule has 1 aromatic carbocycles. The first kappa shape index (κ1) is 19.0. The number of piperidine rings is 2. The molecule has 2 heterocycles. The van der Waals surface area contributed by atoms with Crippen molar-refractivity contribution in [3.05, 3.63) is 29.6 Å². The zero-order valence-electron chi connectivity index (χ0n) is 15.4. The summed E-state index contributed by atoms with van der Waals surface area (Å²) in [5, 5.41) is 11.1. The summed E-state index contributed by atoms with van der Waals surface area (Å²) in [7, 11) is 0. The van der Waals surface area contributed by atoms with Crippen molar-refractivity contribution in [3.63, 3.8) is 0 Å². The van der Waals surface area contributed by atoms with Crippen molar-refractivity contribution in [2.45, 2.75) is 38.5 Å². The number of nitrogens with zero attached hydrogens (tertiary/aromatic N) is 3. The van der Waals surface area contributed by atoms with Crippen molar-refractivity contribution in [1.82, 2.24) is 20.1 Å². The molecule has 2 N–H and O–H groups in total.